The van der Waals surface area contributed by atoms with Crippen LogP contribution in [0.2, 0.25) is 0 Å². The number of ether oxygens (including phenoxy) is 1. The smallest absolute Gasteiger partial charge is 0.416 e. The quantitative estimate of drug-likeness (QED) is 0.0450. The van der Waals surface area contributed by atoms with Crippen LogP contribution >= 0.6 is 11.8 Å². The van der Waals surface area contributed by atoms with E-state index in [1.165, 1.54) is 30.0 Å². The van der Waals surface area contributed by atoms with E-state index < -0.39 is 23.5 Å². The van der Waals surface area contributed by atoms with E-state index in [1.54, 1.807) is 12.1 Å². The van der Waals surface area contributed by atoms with Gasteiger partial charge in [-0.15, -0.1) is 17.5 Å². The van der Waals surface area contributed by atoms with E-state index in [2.05, 4.69) is 12.3 Å². The molecule has 0 aliphatic carbocycles. The van der Waals surface area contributed by atoms with Gasteiger partial charge in [0.1, 0.15) is 23.1 Å². The molecule has 12 heteroatoms. The van der Waals surface area contributed by atoms with Crippen LogP contribution in [-0.4, -0.2) is 17.3 Å². The van der Waals surface area contributed by atoms with Crippen molar-refractivity contribution in [1.29, 1.82) is 0 Å². The number of benzene rings is 3. The van der Waals surface area contributed by atoms with Crippen LogP contribution in [0, 0.1) is 0 Å². The number of ketones is 2. The van der Waals surface area contributed by atoms with Crippen molar-refractivity contribution < 1.29 is 40.7 Å². The van der Waals surface area contributed by atoms with Gasteiger partial charge in [-0.05, 0) is 90.9 Å². The van der Waals surface area contributed by atoms with E-state index in [9.17, 15) is 35.9 Å². The third-order valence-electron chi connectivity index (χ3n) is 7.53. The molecule has 0 fully saturated rings. The molecule has 264 valence electrons. The SMILES string of the molecule is C=C=C(N)CCCCCC(=O)Cc1cc(C(F)(F)F)cc(CCC(=O)Cc2ccc(Oc3cc(N)cc(C(F)(F)F)c3)cc2)c1SCCC. The minimum absolute atomic E-state index is 0.00717. The molecule has 0 atom stereocenters. The largest absolute Gasteiger partial charge is 0.457 e. The summed E-state index contributed by atoms with van der Waals surface area (Å²) in [5, 5.41) is 0. The van der Waals surface area contributed by atoms with Crippen molar-refractivity contribution >= 4 is 29.0 Å². The zero-order valence-electron chi connectivity index (χ0n) is 27.2. The first-order valence-corrected chi connectivity index (χ1v) is 16.9. The number of alkyl halides is 6. The molecule has 0 spiro atoms. The van der Waals surface area contributed by atoms with Crippen LogP contribution in [0.1, 0.15) is 79.7 Å². The molecule has 0 aliphatic rings. The summed E-state index contributed by atoms with van der Waals surface area (Å²) in [5.74, 6) is 0.391. The highest BCUT2D eigenvalue weighted by Crippen LogP contribution is 2.38. The lowest BCUT2D eigenvalue weighted by molar-refractivity contribution is -0.138. The number of nitrogens with two attached hydrogens (primary N) is 2. The summed E-state index contributed by atoms with van der Waals surface area (Å²) in [5.41, 5.74) is 13.8. The summed E-state index contributed by atoms with van der Waals surface area (Å²) >= 11 is 1.39. The van der Waals surface area contributed by atoms with E-state index in [0.29, 0.717) is 45.9 Å². The number of unbranched alkanes of at least 4 members (excludes halogenated alkanes) is 2. The van der Waals surface area contributed by atoms with Crippen molar-refractivity contribution in [2.24, 2.45) is 5.73 Å². The molecule has 0 aliphatic heterocycles. The van der Waals surface area contributed by atoms with Crippen molar-refractivity contribution in [3.63, 3.8) is 0 Å². The minimum atomic E-state index is -4.63. The number of aryl methyl sites for hydroxylation is 1. The van der Waals surface area contributed by atoms with Crippen LogP contribution in [0.5, 0.6) is 11.5 Å². The monoisotopic (exact) mass is 706 g/mol. The molecule has 3 rings (SSSR count). The van der Waals surface area contributed by atoms with Crippen molar-refractivity contribution in [1.82, 2.24) is 0 Å². The molecule has 0 amide bonds. The van der Waals surface area contributed by atoms with Crippen LogP contribution in [0.25, 0.3) is 0 Å². The molecule has 0 bridgehead atoms. The van der Waals surface area contributed by atoms with Crippen molar-refractivity contribution in [3.8, 4) is 11.5 Å². The maximum atomic E-state index is 14.0. The third-order valence-corrected chi connectivity index (χ3v) is 8.95. The van der Waals surface area contributed by atoms with Crippen molar-refractivity contribution in [2.75, 3.05) is 11.5 Å². The van der Waals surface area contributed by atoms with Gasteiger partial charge in [-0.2, -0.15) is 26.3 Å². The third kappa shape index (κ3) is 13.0. The molecule has 4 N–H and O–H groups in total. The van der Waals surface area contributed by atoms with Gasteiger partial charge in [-0.3, -0.25) is 9.59 Å². The van der Waals surface area contributed by atoms with E-state index in [-0.39, 0.29) is 60.9 Å². The summed E-state index contributed by atoms with van der Waals surface area (Å²) in [6, 6.07) is 11.2. The number of hydrogen-bond donors (Lipinski definition) is 2. The Morgan fingerprint density at radius 1 is 0.796 bits per heavy atom. The number of thioether (sulfide) groups is 1. The lowest BCUT2D eigenvalue weighted by Crippen LogP contribution is -2.12. The average molecular weight is 707 g/mol. The van der Waals surface area contributed by atoms with E-state index in [0.717, 1.165) is 43.5 Å². The molecule has 3 aromatic rings. The van der Waals surface area contributed by atoms with Crippen molar-refractivity contribution in [3.05, 3.63) is 100 Å². The standard InChI is InChI=1S/C37H40F6N2O3S/c1-3-16-49-35-25(18-27(36(38,39)40)19-26(35)20-31(46)9-7-5-6-8-29(44)4-2)12-13-32(47)17-24-10-14-33(15-11-24)48-34-22-28(37(41,42)43)21-30(45)23-34/h10-11,14-15,18-19,21-23H,2-3,5-9,12-13,16-17,20,44-45H2,1H3. The Labute approximate surface area is 286 Å². The summed E-state index contributed by atoms with van der Waals surface area (Å²) in [4.78, 5) is 26.5. The molecule has 0 saturated heterocycles. The molecule has 0 aromatic heterocycles. The van der Waals surface area contributed by atoms with Gasteiger partial charge >= 0.3 is 12.4 Å². The normalized spacial score (nSPS) is 11.7. The van der Waals surface area contributed by atoms with Gasteiger partial charge in [0.05, 0.1) is 16.8 Å². The Morgan fingerprint density at radius 3 is 2.04 bits per heavy atom. The van der Waals surface area contributed by atoms with Gasteiger partial charge in [0.15, 0.2) is 0 Å². The topological polar surface area (TPSA) is 95.4 Å². The van der Waals surface area contributed by atoms with Crippen LogP contribution in [0.4, 0.5) is 32.0 Å². The van der Waals surface area contributed by atoms with Crippen LogP contribution < -0.4 is 16.2 Å². The predicted molar refractivity (Wildman–Crippen MR) is 180 cm³/mol. The highest BCUT2D eigenvalue weighted by molar-refractivity contribution is 7.99. The Bertz CT molecular complexity index is 1650. The highest BCUT2D eigenvalue weighted by atomic mass is 32.2. The first-order chi connectivity index (χ1) is 23.1. The summed E-state index contributed by atoms with van der Waals surface area (Å²) < 4.78 is 86.8. The average Bonchev–Trinajstić information content (AvgIpc) is 3.02. The number of hydrogen-bond acceptors (Lipinski definition) is 6. The number of rotatable bonds is 18. The first kappa shape index (κ1) is 39.3. The number of allylic oxidation sites excluding steroid dienone is 1. The van der Waals surface area contributed by atoms with Gasteiger partial charge < -0.3 is 16.2 Å². The summed E-state index contributed by atoms with van der Waals surface area (Å²) in [6.45, 7) is 5.44. The lowest BCUT2D eigenvalue weighted by atomic mass is 9.95. The van der Waals surface area contributed by atoms with Crippen LogP contribution in [0.3, 0.4) is 0 Å². The van der Waals surface area contributed by atoms with Crippen LogP contribution in [-0.2, 0) is 41.2 Å². The Morgan fingerprint density at radius 2 is 1.41 bits per heavy atom. The molecule has 5 nitrogen and oxygen atoms in total. The van der Waals surface area contributed by atoms with Gasteiger partial charge in [0.25, 0.3) is 0 Å². The number of anilines is 1. The number of nitrogen functional groups attached to an aromatic ring is 1. The fourth-order valence-electron chi connectivity index (χ4n) is 5.07. The van der Waals surface area contributed by atoms with E-state index in [4.69, 9.17) is 16.2 Å². The molecular formula is C37H40F6N2O3S. The zero-order valence-corrected chi connectivity index (χ0v) is 28.1. The zero-order chi connectivity index (χ0) is 36.2. The second-order valence-electron chi connectivity index (χ2n) is 11.7. The summed E-state index contributed by atoms with van der Waals surface area (Å²) in [6.07, 6.45) is -5.64. The fourth-order valence-corrected chi connectivity index (χ4v) is 6.15. The Kier molecular flexibility index (Phi) is 14.4. The molecule has 3 aromatic carbocycles. The number of Topliss-reactive ketones (excluding diaryl/α,β-unsaturated/α-hetero) is 2. The molecule has 0 heterocycles. The molecular weight excluding hydrogens is 666 g/mol. The minimum Gasteiger partial charge on any atom is -0.457 e. The number of halogens is 6. The van der Waals surface area contributed by atoms with Gasteiger partial charge in [-0.1, -0.05) is 32.1 Å². The van der Waals surface area contributed by atoms with E-state index in [1.807, 2.05) is 6.92 Å². The Balaban J connectivity index is 1.70. The van der Waals surface area contributed by atoms with Gasteiger partial charge in [0.2, 0.25) is 0 Å². The molecule has 49 heavy (non-hydrogen) atoms. The maximum absolute atomic E-state index is 14.0. The molecule has 0 saturated carbocycles. The number of carbonyl (C=O) groups excluding carboxylic acids is 2. The predicted octanol–water partition coefficient (Wildman–Crippen LogP) is 10.0. The van der Waals surface area contributed by atoms with Gasteiger partial charge in [0, 0.05) is 42.3 Å². The molecule has 0 radical (unpaired) electrons. The Hall–Kier alpha value is -4.15. The number of carbonyl (C=O) groups is 2. The van der Waals surface area contributed by atoms with Crippen molar-refractivity contribution in [2.45, 2.75) is 88.4 Å². The second-order valence-corrected chi connectivity index (χ2v) is 12.8. The maximum Gasteiger partial charge on any atom is 0.416 e. The highest BCUT2D eigenvalue weighted by Gasteiger charge is 2.33. The van der Waals surface area contributed by atoms with Gasteiger partial charge in [-0.25, -0.2) is 0 Å². The lowest BCUT2D eigenvalue weighted by Gasteiger charge is -2.18. The molecule has 0 unspecified atom stereocenters. The first-order valence-electron chi connectivity index (χ1n) is 15.9. The second kappa shape index (κ2) is 18.0. The van der Waals surface area contributed by atoms with Crippen LogP contribution in [0.15, 0.2) is 77.5 Å². The summed E-state index contributed by atoms with van der Waals surface area (Å²) in [7, 11) is 0. The fraction of sp³-hybridized carbons (Fsp3) is 0.378. The van der Waals surface area contributed by atoms with E-state index >= 15 is 0 Å².